The van der Waals surface area contributed by atoms with Gasteiger partial charge in [-0.2, -0.15) is 0 Å². The van der Waals surface area contributed by atoms with E-state index in [0.717, 1.165) is 19.5 Å². The second-order valence-corrected chi connectivity index (χ2v) is 7.46. The van der Waals surface area contributed by atoms with Crippen molar-refractivity contribution < 1.29 is 9.59 Å². The molecule has 1 aromatic carbocycles. The molecule has 2 rings (SSSR count). The molecule has 3 N–H and O–H groups in total. The van der Waals surface area contributed by atoms with Crippen LogP contribution in [-0.2, 0) is 0 Å². The largest absolute Gasteiger partial charge is 0.352 e. The Morgan fingerprint density at radius 3 is 2.29 bits per heavy atom. The Hall–Kier alpha value is -1.59. The number of carbonyl (C=O) groups excluding carboxylic acids is 2. The van der Waals surface area contributed by atoms with Crippen LogP contribution in [0, 0.1) is 11.3 Å². The first-order chi connectivity index (χ1) is 10.8. The van der Waals surface area contributed by atoms with Crippen molar-refractivity contribution in [1.29, 1.82) is 0 Å². The summed E-state index contributed by atoms with van der Waals surface area (Å²) in [5, 5.41) is 2.91. The van der Waals surface area contributed by atoms with Crippen LogP contribution in [0.3, 0.4) is 0 Å². The SMILES string of the molecule is CC(C)(C)CNC(=O)c1ccc(C(=O)N2CCC(CN)C2)cc1.Cl. The molecule has 6 heteroatoms. The van der Waals surface area contributed by atoms with E-state index in [2.05, 4.69) is 26.1 Å². The van der Waals surface area contributed by atoms with Crippen molar-refractivity contribution in [2.24, 2.45) is 17.1 Å². The van der Waals surface area contributed by atoms with Gasteiger partial charge in [0, 0.05) is 30.8 Å². The van der Waals surface area contributed by atoms with Gasteiger partial charge in [0.2, 0.25) is 0 Å². The van der Waals surface area contributed by atoms with Gasteiger partial charge in [-0.25, -0.2) is 0 Å². The van der Waals surface area contributed by atoms with Crippen LogP contribution in [0.5, 0.6) is 0 Å². The smallest absolute Gasteiger partial charge is 0.253 e. The third-order valence-corrected chi connectivity index (χ3v) is 4.08. The van der Waals surface area contributed by atoms with E-state index in [4.69, 9.17) is 5.73 Å². The molecule has 1 saturated heterocycles. The molecule has 0 spiro atoms. The first-order valence-electron chi connectivity index (χ1n) is 8.18. The van der Waals surface area contributed by atoms with E-state index in [1.54, 1.807) is 24.3 Å². The monoisotopic (exact) mass is 353 g/mol. The Labute approximate surface area is 150 Å². The highest BCUT2D eigenvalue weighted by Gasteiger charge is 2.26. The maximum absolute atomic E-state index is 12.4. The molecule has 1 aliphatic heterocycles. The minimum Gasteiger partial charge on any atom is -0.352 e. The lowest BCUT2D eigenvalue weighted by Crippen LogP contribution is -2.32. The lowest BCUT2D eigenvalue weighted by atomic mass is 9.97. The molecule has 1 unspecified atom stereocenters. The van der Waals surface area contributed by atoms with Crippen molar-refractivity contribution in [2.45, 2.75) is 27.2 Å². The average molecular weight is 354 g/mol. The molecule has 0 bridgehead atoms. The molecule has 0 aromatic heterocycles. The number of nitrogens with one attached hydrogen (secondary N) is 1. The van der Waals surface area contributed by atoms with Crippen molar-refractivity contribution in [1.82, 2.24) is 10.2 Å². The molecule has 1 atom stereocenters. The molecule has 0 radical (unpaired) electrons. The maximum Gasteiger partial charge on any atom is 0.253 e. The number of hydrogen-bond acceptors (Lipinski definition) is 3. The molecule has 0 aliphatic carbocycles. The van der Waals surface area contributed by atoms with E-state index in [9.17, 15) is 9.59 Å². The molecule has 1 aromatic rings. The predicted octanol–water partition coefficient (Wildman–Crippen LogP) is 2.31. The summed E-state index contributed by atoms with van der Waals surface area (Å²) in [5.74, 6) is 0.312. The Morgan fingerprint density at radius 1 is 1.21 bits per heavy atom. The fraction of sp³-hybridized carbons (Fsp3) is 0.556. The van der Waals surface area contributed by atoms with Crippen LogP contribution in [0.4, 0.5) is 0 Å². The molecule has 5 nitrogen and oxygen atoms in total. The molecule has 1 heterocycles. The first-order valence-corrected chi connectivity index (χ1v) is 8.18. The molecule has 0 saturated carbocycles. The lowest BCUT2D eigenvalue weighted by molar-refractivity contribution is 0.0787. The van der Waals surface area contributed by atoms with Crippen LogP contribution in [-0.4, -0.2) is 42.9 Å². The Kier molecular flexibility index (Phi) is 7.24. The van der Waals surface area contributed by atoms with Crippen molar-refractivity contribution in [3.05, 3.63) is 35.4 Å². The van der Waals surface area contributed by atoms with Crippen LogP contribution in [0.15, 0.2) is 24.3 Å². The van der Waals surface area contributed by atoms with Gasteiger partial charge in [0.1, 0.15) is 0 Å². The normalized spacial score (nSPS) is 17.3. The average Bonchev–Trinajstić information content (AvgIpc) is 3.00. The number of nitrogens with two attached hydrogens (primary N) is 1. The molecule has 134 valence electrons. The van der Waals surface area contributed by atoms with Gasteiger partial charge in [0.05, 0.1) is 0 Å². The summed E-state index contributed by atoms with van der Waals surface area (Å²) in [6.07, 6.45) is 0.968. The highest BCUT2D eigenvalue weighted by atomic mass is 35.5. The molecule has 1 aliphatic rings. The van der Waals surface area contributed by atoms with Gasteiger partial charge >= 0.3 is 0 Å². The molecule has 2 amide bonds. The number of hydrogen-bond donors (Lipinski definition) is 2. The number of benzene rings is 1. The minimum atomic E-state index is -0.108. The van der Waals surface area contributed by atoms with Crippen molar-refractivity contribution in [2.75, 3.05) is 26.2 Å². The molecular formula is C18H28ClN3O2. The predicted molar refractivity (Wildman–Crippen MR) is 98.5 cm³/mol. The van der Waals surface area contributed by atoms with Crippen molar-refractivity contribution >= 4 is 24.2 Å². The van der Waals surface area contributed by atoms with Crippen LogP contribution in [0.1, 0.15) is 47.9 Å². The van der Waals surface area contributed by atoms with Crippen LogP contribution in [0.25, 0.3) is 0 Å². The van der Waals surface area contributed by atoms with Gasteiger partial charge in [-0.05, 0) is 48.6 Å². The van der Waals surface area contributed by atoms with E-state index >= 15 is 0 Å². The summed E-state index contributed by atoms with van der Waals surface area (Å²) < 4.78 is 0. The number of rotatable bonds is 4. The Morgan fingerprint density at radius 2 is 1.79 bits per heavy atom. The number of halogens is 1. The van der Waals surface area contributed by atoms with Gasteiger partial charge in [0.25, 0.3) is 11.8 Å². The number of likely N-dealkylation sites (tertiary alicyclic amines) is 1. The number of amides is 2. The summed E-state index contributed by atoms with van der Waals surface area (Å²) in [7, 11) is 0. The fourth-order valence-electron chi connectivity index (χ4n) is 2.60. The zero-order chi connectivity index (χ0) is 17.0. The van der Waals surface area contributed by atoms with Crippen molar-refractivity contribution in [3.8, 4) is 0 Å². The van der Waals surface area contributed by atoms with Crippen LogP contribution < -0.4 is 11.1 Å². The zero-order valence-corrected chi connectivity index (χ0v) is 15.5. The van der Waals surface area contributed by atoms with E-state index in [-0.39, 0.29) is 29.6 Å². The van der Waals surface area contributed by atoms with E-state index in [0.29, 0.717) is 30.1 Å². The van der Waals surface area contributed by atoms with Gasteiger partial charge in [-0.1, -0.05) is 20.8 Å². The highest BCUT2D eigenvalue weighted by molar-refractivity contribution is 5.97. The molecule has 24 heavy (non-hydrogen) atoms. The zero-order valence-electron chi connectivity index (χ0n) is 14.7. The maximum atomic E-state index is 12.4. The Bertz CT molecular complexity index is 567. The molecule has 1 fully saturated rings. The van der Waals surface area contributed by atoms with E-state index in [1.807, 2.05) is 4.90 Å². The van der Waals surface area contributed by atoms with E-state index < -0.39 is 0 Å². The third kappa shape index (κ3) is 5.49. The highest BCUT2D eigenvalue weighted by Crippen LogP contribution is 2.18. The van der Waals surface area contributed by atoms with Crippen LogP contribution >= 0.6 is 12.4 Å². The lowest BCUT2D eigenvalue weighted by Gasteiger charge is -2.19. The van der Waals surface area contributed by atoms with Gasteiger partial charge in [-0.3, -0.25) is 9.59 Å². The van der Waals surface area contributed by atoms with Gasteiger partial charge in [0.15, 0.2) is 0 Å². The summed E-state index contributed by atoms with van der Waals surface area (Å²) in [5.41, 5.74) is 6.90. The summed E-state index contributed by atoms with van der Waals surface area (Å²) in [6.45, 7) is 8.92. The second kappa shape index (κ2) is 8.49. The minimum absolute atomic E-state index is 0. The standard InChI is InChI=1S/C18H27N3O2.ClH/c1-18(2,3)12-20-16(22)14-4-6-15(7-5-14)17(23)21-9-8-13(10-19)11-21;/h4-7,13H,8-12,19H2,1-3H3,(H,20,22);1H. The summed E-state index contributed by atoms with van der Waals surface area (Å²) in [4.78, 5) is 26.4. The Balaban J connectivity index is 0.00000288. The number of nitrogens with zero attached hydrogens (tertiary/aromatic N) is 1. The van der Waals surface area contributed by atoms with Crippen LogP contribution in [0.2, 0.25) is 0 Å². The summed E-state index contributed by atoms with van der Waals surface area (Å²) in [6, 6.07) is 6.87. The number of carbonyl (C=O) groups is 2. The topological polar surface area (TPSA) is 75.4 Å². The molecular weight excluding hydrogens is 326 g/mol. The van der Waals surface area contributed by atoms with Crippen molar-refractivity contribution in [3.63, 3.8) is 0 Å². The quantitative estimate of drug-likeness (QED) is 0.872. The van der Waals surface area contributed by atoms with Gasteiger partial charge < -0.3 is 16.0 Å². The second-order valence-electron chi connectivity index (χ2n) is 7.46. The summed E-state index contributed by atoms with van der Waals surface area (Å²) >= 11 is 0. The van der Waals surface area contributed by atoms with E-state index in [1.165, 1.54) is 0 Å². The van der Waals surface area contributed by atoms with Gasteiger partial charge in [-0.15, -0.1) is 12.4 Å². The third-order valence-electron chi connectivity index (χ3n) is 4.08. The fourth-order valence-corrected chi connectivity index (χ4v) is 2.60. The first kappa shape index (κ1) is 20.5.